The van der Waals surface area contributed by atoms with E-state index in [1.54, 1.807) is 4.90 Å². The van der Waals surface area contributed by atoms with Gasteiger partial charge in [0.25, 0.3) is 0 Å². The molecule has 0 saturated carbocycles. The molecule has 1 N–H and O–H groups in total. The van der Waals surface area contributed by atoms with E-state index >= 15 is 0 Å². The molecule has 1 fully saturated rings. The van der Waals surface area contributed by atoms with Crippen molar-refractivity contribution < 1.29 is 9.59 Å². The molecule has 2 aromatic rings. The number of aryl methyl sites for hydroxylation is 1. The highest BCUT2D eigenvalue weighted by atomic mass is 16.2. The minimum Gasteiger partial charge on any atom is -0.354 e. The van der Waals surface area contributed by atoms with Crippen molar-refractivity contribution in [2.24, 2.45) is 5.92 Å². The second kappa shape index (κ2) is 9.65. The standard InChI is InChI=1S/C26H33N3O2/c1-3-25(30)29-23-7-5-4-6-22(23)16-24(29)26(31)27-17-20-12-14-28(15-13-20)18-21-10-8-19(2)9-11-21/h4-11,20,24H,3,12-18H2,1-2H3,(H,27,31)/t24-/m1/s1. The predicted octanol–water partition coefficient (Wildman–Crippen LogP) is 3.69. The van der Waals surface area contributed by atoms with Gasteiger partial charge in [-0.2, -0.15) is 0 Å². The second-order valence-electron chi connectivity index (χ2n) is 8.92. The van der Waals surface area contributed by atoms with Crippen molar-refractivity contribution >= 4 is 17.5 Å². The van der Waals surface area contributed by atoms with Crippen molar-refractivity contribution in [1.82, 2.24) is 10.2 Å². The number of hydrogen-bond acceptors (Lipinski definition) is 3. The van der Waals surface area contributed by atoms with Crippen molar-refractivity contribution in [3.63, 3.8) is 0 Å². The van der Waals surface area contributed by atoms with Gasteiger partial charge in [0.1, 0.15) is 6.04 Å². The Hall–Kier alpha value is -2.66. The number of nitrogens with one attached hydrogen (secondary N) is 1. The number of carbonyl (C=O) groups is 2. The van der Waals surface area contributed by atoms with Gasteiger partial charge in [0.15, 0.2) is 0 Å². The van der Waals surface area contributed by atoms with Crippen LogP contribution in [0.15, 0.2) is 48.5 Å². The quantitative estimate of drug-likeness (QED) is 0.777. The summed E-state index contributed by atoms with van der Waals surface area (Å²) < 4.78 is 0. The Morgan fingerprint density at radius 1 is 1.03 bits per heavy atom. The van der Waals surface area contributed by atoms with Gasteiger partial charge in [-0.1, -0.05) is 55.0 Å². The molecule has 31 heavy (non-hydrogen) atoms. The number of anilines is 1. The fourth-order valence-corrected chi connectivity index (χ4v) is 4.74. The number of rotatable bonds is 6. The first-order chi connectivity index (χ1) is 15.0. The third-order valence-corrected chi connectivity index (χ3v) is 6.65. The summed E-state index contributed by atoms with van der Waals surface area (Å²) in [5, 5.41) is 3.16. The molecule has 0 aromatic heterocycles. The van der Waals surface area contributed by atoms with Gasteiger partial charge in [-0.05, 0) is 56.0 Å². The lowest BCUT2D eigenvalue weighted by Crippen LogP contribution is -2.49. The lowest BCUT2D eigenvalue weighted by molar-refractivity contribution is -0.126. The van der Waals surface area contributed by atoms with Crippen LogP contribution in [-0.4, -0.2) is 42.4 Å². The van der Waals surface area contributed by atoms with E-state index in [0.29, 0.717) is 25.3 Å². The van der Waals surface area contributed by atoms with E-state index in [1.807, 2.05) is 31.2 Å². The topological polar surface area (TPSA) is 52.7 Å². The van der Waals surface area contributed by atoms with Gasteiger partial charge in [0.2, 0.25) is 11.8 Å². The summed E-state index contributed by atoms with van der Waals surface area (Å²) in [6, 6.07) is 16.2. The van der Waals surface area contributed by atoms with Crippen molar-refractivity contribution in [2.45, 2.75) is 52.1 Å². The Kier molecular flexibility index (Phi) is 6.71. The summed E-state index contributed by atoms with van der Waals surface area (Å²) in [6.45, 7) is 7.77. The first-order valence-corrected chi connectivity index (χ1v) is 11.5. The Morgan fingerprint density at radius 3 is 2.45 bits per heavy atom. The number of hydrogen-bond donors (Lipinski definition) is 1. The highest BCUT2D eigenvalue weighted by molar-refractivity contribution is 6.03. The first-order valence-electron chi connectivity index (χ1n) is 11.5. The molecule has 0 unspecified atom stereocenters. The minimum atomic E-state index is -0.425. The molecule has 2 aromatic carbocycles. The first kappa shape index (κ1) is 21.6. The molecule has 0 aliphatic carbocycles. The Morgan fingerprint density at radius 2 is 1.74 bits per heavy atom. The number of piperidine rings is 1. The maximum Gasteiger partial charge on any atom is 0.243 e. The predicted molar refractivity (Wildman–Crippen MR) is 124 cm³/mol. The van der Waals surface area contributed by atoms with Crippen LogP contribution in [0.3, 0.4) is 0 Å². The zero-order chi connectivity index (χ0) is 21.8. The van der Waals surface area contributed by atoms with Crippen LogP contribution in [0.25, 0.3) is 0 Å². The van der Waals surface area contributed by atoms with E-state index < -0.39 is 6.04 Å². The molecule has 164 valence electrons. The normalized spacial score (nSPS) is 19.3. The summed E-state index contributed by atoms with van der Waals surface area (Å²) in [6.07, 6.45) is 3.18. The maximum absolute atomic E-state index is 13.0. The van der Waals surface area contributed by atoms with Gasteiger partial charge >= 0.3 is 0 Å². The molecule has 1 atom stereocenters. The van der Waals surface area contributed by atoms with Gasteiger partial charge in [-0.15, -0.1) is 0 Å². The lowest BCUT2D eigenvalue weighted by atomic mass is 9.96. The van der Waals surface area contributed by atoms with Crippen LogP contribution in [0, 0.1) is 12.8 Å². The van der Waals surface area contributed by atoms with Crippen LogP contribution in [0.4, 0.5) is 5.69 Å². The average Bonchev–Trinajstić information content (AvgIpc) is 3.19. The number of benzene rings is 2. The SMILES string of the molecule is CCC(=O)N1c2ccccc2C[C@@H]1C(=O)NCC1CCN(Cc2ccc(C)cc2)CC1. The molecule has 5 nitrogen and oxygen atoms in total. The highest BCUT2D eigenvalue weighted by Crippen LogP contribution is 2.32. The van der Waals surface area contributed by atoms with E-state index in [2.05, 4.69) is 41.4 Å². The Bertz CT molecular complexity index is 917. The molecule has 1 saturated heterocycles. The van der Waals surface area contributed by atoms with Gasteiger partial charge in [-0.25, -0.2) is 0 Å². The number of fused-ring (bicyclic) bond motifs is 1. The fourth-order valence-electron chi connectivity index (χ4n) is 4.74. The zero-order valence-corrected chi connectivity index (χ0v) is 18.6. The Labute approximate surface area is 185 Å². The smallest absolute Gasteiger partial charge is 0.243 e. The molecule has 0 bridgehead atoms. The molecule has 5 heteroatoms. The molecular weight excluding hydrogens is 386 g/mol. The number of carbonyl (C=O) groups excluding carboxylic acids is 2. The van der Waals surface area contributed by atoms with Crippen LogP contribution < -0.4 is 10.2 Å². The van der Waals surface area contributed by atoms with Crippen LogP contribution in [0.1, 0.15) is 42.9 Å². The molecule has 2 aliphatic heterocycles. The number of likely N-dealkylation sites (tertiary alicyclic amines) is 1. The second-order valence-corrected chi connectivity index (χ2v) is 8.92. The fraction of sp³-hybridized carbons (Fsp3) is 0.462. The van der Waals surface area contributed by atoms with E-state index in [1.165, 1.54) is 11.1 Å². The monoisotopic (exact) mass is 419 g/mol. The van der Waals surface area contributed by atoms with Gasteiger partial charge in [-0.3, -0.25) is 19.4 Å². The van der Waals surface area contributed by atoms with Crippen LogP contribution in [-0.2, 0) is 22.6 Å². The number of para-hydroxylation sites is 1. The Balaban J connectivity index is 1.27. The molecule has 2 amide bonds. The summed E-state index contributed by atoms with van der Waals surface area (Å²) in [4.78, 5) is 29.7. The van der Waals surface area contributed by atoms with Crippen LogP contribution >= 0.6 is 0 Å². The molecule has 0 spiro atoms. The molecule has 2 heterocycles. The summed E-state index contributed by atoms with van der Waals surface area (Å²) in [5.41, 5.74) is 4.62. The van der Waals surface area contributed by atoms with Gasteiger partial charge in [0, 0.05) is 31.6 Å². The zero-order valence-electron chi connectivity index (χ0n) is 18.6. The minimum absolute atomic E-state index is 0.00881. The van der Waals surface area contributed by atoms with Crippen molar-refractivity contribution in [2.75, 3.05) is 24.5 Å². The summed E-state index contributed by atoms with van der Waals surface area (Å²) in [7, 11) is 0. The largest absolute Gasteiger partial charge is 0.354 e. The van der Waals surface area contributed by atoms with Crippen molar-refractivity contribution in [1.29, 1.82) is 0 Å². The third-order valence-electron chi connectivity index (χ3n) is 6.65. The van der Waals surface area contributed by atoms with E-state index in [0.717, 1.165) is 43.7 Å². The number of nitrogens with zero attached hydrogens (tertiary/aromatic N) is 2. The third kappa shape index (κ3) is 4.99. The molecule has 0 radical (unpaired) electrons. The van der Waals surface area contributed by atoms with E-state index in [9.17, 15) is 9.59 Å². The van der Waals surface area contributed by atoms with Crippen molar-refractivity contribution in [3.05, 3.63) is 65.2 Å². The molecule has 2 aliphatic rings. The summed E-state index contributed by atoms with van der Waals surface area (Å²) in [5.74, 6) is 0.479. The maximum atomic E-state index is 13.0. The molecular formula is C26H33N3O2. The average molecular weight is 420 g/mol. The van der Waals surface area contributed by atoms with Crippen LogP contribution in [0.5, 0.6) is 0 Å². The van der Waals surface area contributed by atoms with E-state index in [4.69, 9.17) is 0 Å². The van der Waals surface area contributed by atoms with Gasteiger partial charge in [0.05, 0.1) is 0 Å². The lowest BCUT2D eigenvalue weighted by Gasteiger charge is -2.32. The summed E-state index contributed by atoms with van der Waals surface area (Å²) >= 11 is 0. The van der Waals surface area contributed by atoms with Gasteiger partial charge < -0.3 is 5.32 Å². The molecule has 4 rings (SSSR count). The number of amides is 2. The van der Waals surface area contributed by atoms with Crippen molar-refractivity contribution in [3.8, 4) is 0 Å². The highest BCUT2D eigenvalue weighted by Gasteiger charge is 2.37. The van der Waals surface area contributed by atoms with Crippen LogP contribution in [0.2, 0.25) is 0 Å². The van der Waals surface area contributed by atoms with E-state index in [-0.39, 0.29) is 11.8 Å².